The van der Waals surface area contributed by atoms with Gasteiger partial charge in [0.05, 0.1) is 12.7 Å². The van der Waals surface area contributed by atoms with E-state index in [1.54, 1.807) is 0 Å². The van der Waals surface area contributed by atoms with Gasteiger partial charge in [-0.3, -0.25) is 9.36 Å². The molecule has 2 heterocycles. The van der Waals surface area contributed by atoms with Crippen LogP contribution in [0.4, 0.5) is 5.82 Å². The lowest BCUT2D eigenvalue weighted by Crippen LogP contribution is -2.31. The van der Waals surface area contributed by atoms with Crippen molar-refractivity contribution in [1.82, 2.24) is 9.55 Å². The fourth-order valence-corrected chi connectivity index (χ4v) is 2.13. The lowest BCUT2D eigenvalue weighted by molar-refractivity contribution is -0.114. The number of amides is 1. The Morgan fingerprint density at radius 2 is 2.38 bits per heavy atom. The Morgan fingerprint density at radius 1 is 1.67 bits per heavy atom. The van der Waals surface area contributed by atoms with Crippen LogP contribution in [0.1, 0.15) is 13.2 Å². The van der Waals surface area contributed by atoms with E-state index < -0.39 is 36.7 Å². The number of aromatic nitrogens is 2. The topological polar surface area (TPSA) is 137 Å². The van der Waals surface area contributed by atoms with Gasteiger partial charge in [-0.2, -0.15) is 10.2 Å². The van der Waals surface area contributed by atoms with Crippen molar-refractivity contribution in [2.75, 3.05) is 11.9 Å². The summed E-state index contributed by atoms with van der Waals surface area (Å²) in [6.07, 6.45) is -1.88. The first-order valence-corrected chi connectivity index (χ1v) is 6.18. The molecule has 2 rings (SSSR count). The minimum Gasteiger partial charge on any atom is -0.394 e. The molecule has 0 aromatic carbocycles. The summed E-state index contributed by atoms with van der Waals surface area (Å²) < 4.78 is 6.37. The van der Waals surface area contributed by atoms with Gasteiger partial charge in [-0.05, 0) is 6.07 Å². The Labute approximate surface area is 119 Å². The number of carbonyl (C=O) groups is 1. The second-order valence-corrected chi connectivity index (χ2v) is 4.58. The normalized spacial score (nSPS) is 28.1. The zero-order valence-electron chi connectivity index (χ0n) is 11.1. The summed E-state index contributed by atoms with van der Waals surface area (Å²) in [5.74, 6) is -1.30. The number of hydrogen-bond donors (Lipinski definition) is 3. The van der Waals surface area contributed by atoms with Crippen LogP contribution in [0.5, 0.6) is 0 Å². The molecule has 1 aliphatic rings. The van der Waals surface area contributed by atoms with Gasteiger partial charge in [0.2, 0.25) is 5.91 Å². The number of rotatable bonds is 3. The van der Waals surface area contributed by atoms with E-state index in [9.17, 15) is 14.7 Å². The molecule has 0 bridgehead atoms. The Bertz CT molecular complexity index is 637. The van der Waals surface area contributed by atoms with Crippen LogP contribution in [0.3, 0.4) is 0 Å². The zero-order valence-corrected chi connectivity index (χ0v) is 11.1. The first-order valence-electron chi connectivity index (χ1n) is 6.18. The van der Waals surface area contributed by atoms with Crippen molar-refractivity contribution in [2.24, 2.45) is 5.92 Å². The van der Waals surface area contributed by atoms with Gasteiger partial charge in [0, 0.05) is 13.1 Å². The third-order valence-electron chi connectivity index (χ3n) is 3.11. The summed E-state index contributed by atoms with van der Waals surface area (Å²) in [4.78, 5) is 26.5. The van der Waals surface area contributed by atoms with Crippen molar-refractivity contribution in [1.29, 1.82) is 5.26 Å². The summed E-state index contributed by atoms with van der Waals surface area (Å²) in [7, 11) is 0. The molecular formula is C12H14N4O5. The van der Waals surface area contributed by atoms with Gasteiger partial charge in [-0.25, -0.2) is 4.79 Å². The molecule has 1 aromatic heterocycles. The predicted molar refractivity (Wildman–Crippen MR) is 68.9 cm³/mol. The number of nitriles is 1. The summed E-state index contributed by atoms with van der Waals surface area (Å²) in [6.45, 7) is 0.809. The number of hydrogen-bond acceptors (Lipinski definition) is 7. The van der Waals surface area contributed by atoms with Crippen LogP contribution >= 0.6 is 0 Å². The second kappa shape index (κ2) is 6.01. The molecule has 1 aromatic rings. The van der Waals surface area contributed by atoms with Gasteiger partial charge in [0.25, 0.3) is 0 Å². The maximum absolute atomic E-state index is 11.9. The first kappa shape index (κ1) is 15.1. The lowest BCUT2D eigenvalue weighted by Gasteiger charge is -2.16. The van der Waals surface area contributed by atoms with Crippen LogP contribution in [0.15, 0.2) is 17.1 Å². The third-order valence-corrected chi connectivity index (χ3v) is 3.11. The average molecular weight is 294 g/mol. The minimum absolute atomic E-state index is 0.0783. The largest absolute Gasteiger partial charge is 0.394 e. The second-order valence-electron chi connectivity index (χ2n) is 4.58. The van der Waals surface area contributed by atoms with Crippen LogP contribution in [0.2, 0.25) is 0 Å². The molecule has 1 amide bonds. The van der Waals surface area contributed by atoms with Gasteiger partial charge in [-0.15, -0.1) is 0 Å². The molecule has 9 nitrogen and oxygen atoms in total. The van der Waals surface area contributed by atoms with Gasteiger partial charge < -0.3 is 20.3 Å². The van der Waals surface area contributed by atoms with E-state index in [1.807, 2.05) is 6.07 Å². The number of aliphatic hydroxyl groups is 2. The maximum Gasteiger partial charge on any atom is 0.351 e. The highest BCUT2D eigenvalue weighted by atomic mass is 16.5. The van der Waals surface area contributed by atoms with E-state index in [2.05, 4.69) is 10.3 Å². The van der Waals surface area contributed by atoms with E-state index in [1.165, 1.54) is 19.2 Å². The molecule has 21 heavy (non-hydrogen) atoms. The smallest absolute Gasteiger partial charge is 0.351 e. The monoisotopic (exact) mass is 294 g/mol. The Hall–Kier alpha value is -2.28. The van der Waals surface area contributed by atoms with E-state index in [4.69, 9.17) is 15.1 Å². The third kappa shape index (κ3) is 2.92. The Morgan fingerprint density at radius 3 is 2.90 bits per heavy atom. The molecule has 0 aliphatic carbocycles. The quantitative estimate of drug-likeness (QED) is 0.622. The number of anilines is 1. The molecule has 0 radical (unpaired) electrons. The van der Waals surface area contributed by atoms with Gasteiger partial charge in [0.15, 0.2) is 6.23 Å². The highest BCUT2D eigenvalue weighted by molar-refractivity contribution is 5.87. The highest BCUT2D eigenvalue weighted by Crippen LogP contribution is 2.33. The number of ether oxygens (including phenoxy) is 1. The Kier molecular flexibility index (Phi) is 4.32. The molecule has 1 fully saturated rings. The van der Waals surface area contributed by atoms with E-state index >= 15 is 0 Å². The van der Waals surface area contributed by atoms with Gasteiger partial charge in [-0.1, -0.05) is 0 Å². The molecule has 0 saturated carbocycles. The standard InChI is InChI=1S/C12H14N4O5/c1-6(18)14-9-2-3-16(12(20)15-9)11-7(4-13)10(19)8(5-17)21-11/h2-3,7-8,10-11,17,19H,5H2,1H3,(H,14,15,18,20)/t7-,8?,10-,11+/m0/s1. The van der Waals surface area contributed by atoms with Crippen molar-refractivity contribution in [3.05, 3.63) is 22.7 Å². The highest BCUT2D eigenvalue weighted by Gasteiger charge is 2.45. The van der Waals surface area contributed by atoms with Crippen molar-refractivity contribution in [2.45, 2.75) is 25.4 Å². The average Bonchev–Trinajstić information content (AvgIpc) is 2.74. The molecule has 1 unspecified atom stereocenters. The van der Waals surface area contributed by atoms with Crippen LogP contribution in [-0.2, 0) is 9.53 Å². The number of nitrogens with one attached hydrogen (secondary N) is 1. The van der Waals surface area contributed by atoms with Crippen LogP contribution < -0.4 is 11.0 Å². The molecular weight excluding hydrogens is 280 g/mol. The van der Waals surface area contributed by atoms with Crippen molar-refractivity contribution in [3.8, 4) is 6.07 Å². The summed E-state index contributed by atoms with van der Waals surface area (Å²) in [6, 6.07) is 3.23. The maximum atomic E-state index is 11.9. The van der Waals surface area contributed by atoms with Crippen molar-refractivity contribution < 1.29 is 19.7 Å². The number of carbonyl (C=O) groups excluding carboxylic acids is 1. The van der Waals surface area contributed by atoms with Gasteiger partial charge >= 0.3 is 5.69 Å². The van der Waals surface area contributed by atoms with Crippen molar-refractivity contribution >= 4 is 11.7 Å². The molecule has 0 spiro atoms. The van der Waals surface area contributed by atoms with E-state index in [0.717, 1.165) is 4.57 Å². The van der Waals surface area contributed by atoms with E-state index in [0.29, 0.717) is 0 Å². The minimum atomic E-state index is -1.20. The molecule has 4 atom stereocenters. The molecule has 112 valence electrons. The molecule has 9 heteroatoms. The Balaban J connectivity index is 2.32. The van der Waals surface area contributed by atoms with Crippen LogP contribution in [-0.4, -0.2) is 44.5 Å². The van der Waals surface area contributed by atoms with Gasteiger partial charge in [0.1, 0.15) is 23.9 Å². The van der Waals surface area contributed by atoms with E-state index in [-0.39, 0.29) is 11.7 Å². The number of nitrogens with zero attached hydrogens (tertiary/aromatic N) is 3. The summed E-state index contributed by atoms with van der Waals surface area (Å²) >= 11 is 0. The van der Waals surface area contributed by atoms with Crippen LogP contribution in [0.25, 0.3) is 0 Å². The molecule has 1 saturated heterocycles. The summed E-state index contributed by atoms with van der Waals surface area (Å²) in [5, 5.41) is 30.4. The predicted octanol–water partition coefficient (Wildman–Crippen LogP) is -1.41. The zero-order chi connectivity index (χ0) is 15.6. The fraction of sp³-hybridized carbons (Fsp3) is 0.500. The van der Waals surface area contributed by atoms with Crippen molar-refractivity contribution in [3.63, 3.8) is 0 Å². The SMILES string of the molecule is CC(=O)Nc1ccn([C@@H]2OC(CO)[C@@H](O)[C@@H]2C#N)c(=O)n1. The molecule has 3 N–H and O–H groups in total. The van der Waals surface area contributed by atoms with Crippen LogP contribution in [0, 0.1) is 17.2 Å². The summed E-state index contributed by atoms with van der Waals surface area (Å²) in [5.41, 5.74) is -0.739. The molecule has 1 aliphatic heterocycles. The first-order chi connectivity index (χ1) is 9.97. The number of aliphatic hydroxyl groups excluding tert-OH is 2. The fourth-order valence-electron chi connectivity index (χ4n) is 2.13. The lowest BCUT2D eigenvalue weighted by atomic mass is 10.0.